The number of hydrogen-bond acceptors (Lipinski definition) is 7. The quantitative estimate of drug-likeness (QED) is 0.750. The minimum atomic E-state index is 0.341. The Balaban J connectivity index is 1.82. The first-order valence-electron chi connectivity index (χ1n) is 6.32. The SMILES string of the molecule is CCCc1c(N)nnn1Cc1nnc(-c2ccco2)o1. The maximum atomic E-state index is 5.79. The van der Waals surface area contributed by atoms with Gasteiger partial charge in [-0.25, -0.2) is 4.68 Å². The zero-order valence-electron chi connectivity index (χ0n) is 11.0. The third-order valence-corrected chi connectivity index (χ3v) is 2.84. The fourth-order valence-corrected chi connectivity index (χ4v) is 1.91. The lowest BCUT2D eigenvalue weighted by Crippen LogP contribution is -2.07. The number of nitrogens with two attached hydrogens (primary N) is 1. The Kier molecular flexibility index (Phi) is 3.20. The van der Waals surface area contributed by atoms with Gasteiger partial charge in [0, 0.05) is 0 Å². The van der Waals surface area contributed by atoms with Gasteiger partial charge in [-0.2, -0.15) is 0 Å². The molecule has 0 unspecified atom stereocenters. The van der Waals surface area contributed by atoms with Gasteiger partial charge in [-0.1, -0.05) is 18.6 Å². The summed E-state index contributed by atoms with van der Waals surface area (Å²) in [6.07, 6.45) is 3.31. The van der Waals surface area contributed by atoms with Gasteiger partial charge in [0.15, 0.2) is 11.6 Å². The van der Waals surface area contributed by atoms with Crippen LogP contribution in [0.2, 0.25) is 0 Å². The van der Waals surface area contributed by atoms with Gasteiger partial charge in [0.25, 0.3) is 5.89 Å². The molecule has 8 heteroatoms. The van der Waals surface area contributed by atoms with E-state index in [1.54, 1.807) is 23.1 Å². The van der Waals surface area contributed by atoms with Gasteiger partial charge in [0.05, 0.1) is 12.0 Å². The van der Waals surface area contributed by atoms with Crippen molar-refractivity contribution in [2.24, 2.45) is 0 Å². The molecule has 0 aliphatic rings. The molecule has 104 valence electrons. The predicted molar refractivity (Wildman–Crippen MR) is 69.5 cm³/mol. The van der Waals surface area contributed by atoms with Gasteiger partial charge < -0.3 is 14.6 Å². The minimum absolute atomic E-state index is 0.341. The Bertz CT molecular complexity index is 685. The largest absolute Gasteiger partial charge is 0.459 e. The van der Waals surface area contributed by atoms with Crippen molar-refractivity contribution in [1.82, 2.24) is 25.2 Å². The molecule has 3 rings (SSSR count). The van der Waals surface area contributed by atoms with E-state index in [1.165, 1.54) is 0 Å². The van der Waals surface area contributed by atoms with Crippen molar-refractivity contribution in [3.63, 3.8) is 0 Å². The molecule has 0 bridgehead atoms. The zero-order chi connectivity index (χ0) is 13.9. The monoisotopic (exact) mass is 274 g/mol. The normalized spacial score (nSPS) is 11.1. The van der Waals surface area contributed by atoms with Crippen LogP contribution < -0.4 is 5.73 Å². The van der Waals surface area contributed by atoms with Crippen LogP contribution in [0, 0.1) is 0 Å². The standard InChI is InChI=1S/C12H14N6O2/c1-2-4-8-11(13)15-17-18(8)7-10-14-16-12(20-10)9-5-3-6-19-9/h3,5-6H,2,4,7,13H2,1H3. The maximum Gasteiger partial charge on any atom is 0.283 e. The molecule has 0 atom stereocenters. The summed E-state index contributed by atoms with van der Waals surface area (Å²) in [6.45, 7) is 2.41. The highest BCUT2D eigenvalue weighted by Crippen LogP contribution is 2.19. The van der Waals surface area contributed by atoms with Gasteiger partial charge >= 0.3 is 0 Å². The Morgan fingerprint density at radius 1 is 1.30 bits per heavy atom. The molecule has 3 aromatic heterocycles. The summed E-state index contributed by atoms with van der Waals surface area (Å²) >= 11 is 0. The Hall–Kier alpha value is -2.64. The summed E-state index contributed by atoms with van der Waals surface area (Å²) in [5.74, 6) is 1.75. The molecule has 0 aliphatic carbocycles. The zero-order valence-corrected chi connectivity index (χ0v) is 11.0. The van der Waals surface area contributed by atoms with Crippen LogP contribution in [0.5, 0.6) is 0 Å². The van der Waals surface area contributed by atoms with Crippen molar-refractivity contribution in [1.29, 1.82) is 0 Å². The second-order valence-corrected chi connectivity index (χ2v) is 4.31. The molecule has 2 N–H and O–H groups in total. The number of hydrogen-bond donors (Lipinski definition) is 1. The van der Waals surface area contributed by atoms with Crippen LogP contribution in [0.3, 0.4) is 0 Å². The molecule has 0 saturated heterocycles. The molecular formula is C12H14N6O2. The second-order valence-electron chi connectivity index (χ2n) is 4.31. The predicted octanol–water partition coefficient (Wildman–Crippen LogP) is 1.50. The van der Waals surface area contributed by atoms with Gasteiger partial charge in [0.1, 0.15) is 6.54 Å². The summed E-state index contributed by atoms with van der Waals surface area (Å²) in [7, 11) is 0. The molecule has 0 aromatic carbocycles. The summed E-state index contributed by atoms with van der Waals surface area (Å²) in [5.41, 5.74) is 6.67. The van der Waals surface area contributed by atoms with E-state index in [0.29, 0.717) is 29.9 Å². The van der Waals surface area contributed by atoms with Gasteiger partial charge in [0.2, 0.25) is 5.89 Å². The summed E-state index contributed by atoms with van der Waals surface area (Å²) in [6, 6.07) is 3.52. The van der Waals surface area contributed by atoms with E-state index in [9.17, 15) is 0 Å². The average molecular weight is 274 g/mol. The molecule has 3 aromatic rings. The van der Waals surface area contributed by atoms with Crippen molar-refractivity contribution in [2.45, 2.75) is 26.3 Å². The molecule has 0 radical (unpaired) electrons. The van der Waals surface area contributed by atoms with Crippen LogP contribution in [-0.2, 0) is 13.0 Å². The first-order chi connectivity index (χ1) is 9.78. The molecule has 0 aliphatic heterocycles. The van der Waals surface area contributed by atoms with Crippen molar-refractivity contribution >= 4 is 5.82 Å². The van der Waals surface area contributed by atoms with E-state index >= 15 is 0 Å². The molecule has 0 saturated carbocycles. The highest BCUT2D eigenvalue weighted by atomic mass is 16.4. The summed E-state index contributed by atoms with van der Waals surface area (Å²) in [5, 5.41) is 15.8. The van der Waals surface area contributed by atoms with E-state index in [-0.39, 0.29) is 0 Å². The Labute approximate surface area is 114 Å². The van der Waals surface area contributed by atoms with Crippen LogP contribution >= 0.6 is 0 Å². The van der Waals surface area contributed by atoms with Crippen LogP contribution in [-0.4, -0.2) is 25.2 Å². The molecule has 0 amide bonds. The van der Waals surface area contributed by atoms with E-state index in [0.717, 1.165) is 18.5 Å². The van der Waals surface area contributed by atoms with Gasteiger partial charge in [-0.15, -0.1) is 15.3 Å². The van der Waals surface area contributed by atoms with Gasteiger partial charge in [-0.05, 0) is 18.6 Å². The minimum Gasteiger partial charge on any atom is -0.459 e. The van der Waals surface area contributed by atoms with Crippen LogP contribution in [0.4, 0.5) is 5.82 Å². The number of nitrogen functional groups attached to an aromatic ring is 1. The average Bonchev–Trinajstić information content (AvgIpc) is 3.15. The molecule has 0 fully saturated rings. The lowest BCUT2D eigenvalue weighted by molar-refractivity contribution is 0.449. The topological polar surface area (TPSA) is 109 Å². The second kappa shape index (κ2) is 5.16. The van der Waals surface area contributed by atoms with Crippen molar-refractivity contribution in [2.75, 3.05) is 5.73 Å². The highest BCUT2D eigenvalue weighted by Gasteiger charge is 2.15. The van der Waals surface area contributed by atoms with Crippen LogP contribution in [0.25, 0.3) is 11.7 Å². The maximum absolute atomic E-state index is 5.79. The van der Waals surface area contributed by atoms with E-state index < -0.39 is 0 Å². The lowest BCUT2D eigenvalue weighted by atomic mass is 10.2. The molecule has 8 nitrogen and oxygen atoms in total. The number of aromatic nitrogens is 5. The number of anilines is 1. The third-order valence-electron chi connectivity index (χ3n) is 2.84. The fraction of sp³-hybridized carbons (Fsp3) is 0.333. The highest BCUT2D eigenvalue weighted by molar-refractivity contribution is 5.42. The fourth-order valence-electron chi connectivity index (χ4n) is 1.91. The number of nitrogens with zero attached hydrogens (tertiary/aromatic N) is 5. The summed E-state index contributed by atoms with van der Waals surface area (Å²) in [4.78, 5) is 0. The first-order valence-corrected chi connectivity index (χ1v) is 6.32. The van der Waals surface area contributed by atoms with E-state index in [1.807, 2.05) is 0 Å². The number of rotatable bonds is 5. The summed E-state index contributed by atoms with van der Waals surface area (Å²) < 4.78 is 12.4. The van der Waals surface area contributed by atoms with Crippen LogP contribution in [0.1, 0.15) is 24.9 Å². The van der Waals surface area contributed by atoms with Crippen LogP contribution in [0.15, 0.2) is 27.2 Å². The first kappa shape index (κ1) is 12.4. The smallest absolute Gasteiger partial charge is 0.283 e. The molecule has 20 heavy (non-hydrogen) atoms. The Morgan fingerprint density at radius 2 is 2.20 bits per heavy atom. The van der Waals surface area contributed by atoms with Crippen molar-refractivity contribution < 1.29 is 8.83 Å². The van der Waals surface area contributed by atoms with E-state index in [2.05, 4.69) is 27.4 Å². The third kappa shape index (κ3) is 2.27. The van der Waals surface area contributed by atoms with E-state index in [4.69, 9.17) is 14.6 Å². The molecule has 3 heterocycles. The number of furan rings is 1. The van der Waals surface area contributed by atoms with Gasteiger partial charge in [-0.3, -0.25) is 0 Å². The molecular weight excluding hydrogens is 260 g/mol. The lowest BCUT2D eigenvalue weighted by Gasteiger charge is -2.02. The van der Waals surface area contributed by atoms with Crippen molar-refractivity contribution in [3.05, 3.63) is 30.0 Å². The van der Waals surface area contributed by atoms with Crippen molar-refractivity contribution in [3.8, 4) is 11.7 Å². The Morgan fingerprint density at radius 3 is 2.95 bits per heavy atom. The molecule has 0 spiro atoms.